The smallest absolute Gasteiger partial charge is 0.404 e. The molecule has 1 unspecified atom stereocenters. The molecule has 136 valence electrons. The van der Waals surface area contributed by atoms with Crippen molar-refractivity contribution in [3.63, 3.8) is 0 Å². The SMILES string of the molecule is CCn1c(COC(N)=O)nc(C(C)C(C)C)c1Sc1cccc(F)c1. The van der Waals surface area contributed by atoms with Crippen LogP contribution in [-0.4, -0.2) is 15.6 Å². The van der Waals surface area contributed by atoms with E-state index < -0.39 is 6.09 Å². The number of carbonyl (C=O) groups is 1. The molecule has 7 heteroatoms. The van der Waals surface area contributed by atoms with E-state index in [4.69, 9.17) is 15.5 Å². The molecule has 5 nitrogen and oxygen atoms in total. The maximum Gasteiger partial charge on any atom is 0.404 e. The summed E-state index contributed by atoms with van der Waals surface area (Å²) in [5, 5.41) is 0.942. The van der Waals surface area contributed by atoms with Crippen molar-refractivity contribution in [1.29, 1.82) is 0 Å². The van der Waals surface area contributed by atoms with Gasteiger partial charge in [-0.1, -0.05) is 38.6 Å². The number of primary amides is 1. The molecule has 1 atom stereocenters. The first-order valence-electron chi connectivity index (χ1n) is 8.28. The Morgan fingerprint density at radius 2 is 2.12 bits per heavy atom. The number of amides is 1. The summed E-state index contributed by atoms with van der Waals surface area (Å²) in [6.45, 7) is 9.05. The fourth-order valence-electron chi connectivity index (χ4n) is 2.44. The highest BCUT2D eigenvalue weighted by Crippen LogP contribution is 2.37. The summed E-state index contributed by atoms with van der Waals surface area (Å²) in [5.41, 5.74) is 6.01. The minimum Gasteiger partial charge on any atom is -0.442 e. The summed E-state index contributed by atoms with van der Waals surface area (Å²) in [5.74, 6) is 0.958. The minimum atomic E-state index is -0.830. The number of nitrogens with two attached hydrogens (primary N) is 1. The molecule has 2 rings (SSSR count). The van der Waals surface area contributed by atoms with E-state index in [1.807, 2.05) is 17.6 Å². The summed E-state index contributed by atoms with van der Waals surface area (Å²) in [6, 6.07) is 6.48. The summed E-state index contributed by atoms with van der Waals surface area (Å²) >= 11 is 1.47. The molecule has 0 saturated carbocycles. The monoisotopic (exact) mass is 365 g/mol. The Balaban J connectivity index is 2.47. The first kappa shape index (κ1) is 19.3. The number of imidazole rings is 1. The number of carbonyl (C=O) groups excluding carboxylic acids is 1. The summed E-state index contributed by atoms with van der Waals surface area (Å²) in [7, 11) is 0. The van der Waals surface area contributed by atoms with E-state index in [-0.39, 0.29) is 18.3 Å². The molecule has 25 heavy (non-hydrogen) atoms. The van der Waals surface area contributed by atoms with Crippen LogP contribution < -0.4 is 5.73 Å². The standard InChI is InChI=1S/C18H24FN3O2S/c1-5-22-15(10-24-18(20)23)21-16(12(4)11(2)3)17(22)25-14-8-6-7-13(19)9-14/h6-9,11-12H,5,10H2,1-4H3,(H2,20,23). The van der Waals surface area contributed by atoms with Crippen molar-refractivity contribution in [2.24, 2.45) is 11.7 Å². The number of benzene rings is 1. The molecule has 0 bridgehead atoms. The lowest BCUT2D eigenvalue weighted by Crippen LogP contribution is -2.15. The van der Waals surface area contributed by atoms with Crippen LogP contribution in [0.2, 0.25) is 0 Å². The molecule has 1 heterocycles. The predicted molar refractivity (Wildman–Crippen MR) is 96.0 cm³/mol. The van der Waals surface area contributed by atoms with Crippen molar-refractivity contribution in [2.45, 2.75) is 56.7 Å². The Morgan fingerprint density at radius 3 is 2.68 bits per heavy atom. The zero-order valence-electron chi connectivity index (χ0n) is 15.0. The van der Waals surface area contributed by atoms with E-state index in [0.717, 1.165) is 15.6 Å². The predicted octanol–water partition coefficient (Wildman–Crippen LogP) is 4.55. The van der Waals surface area contributed by atoms with E-state index in [1.165, 1.54) is 23.9 Å². The zero-order chi connectivity index (χ0) is 18.6. The Kier molecular flexibility index (Phi) is 6.47. The van der Waals surface area contributed by atoms with Gasteiger partial charge in [-0.2, -0.15) is 0 Å². The molecule has 0 radical (unpaired) electrons. The number of ether oxygens (including phenoxy) is 1. The lowest BCUT2D eigenvalue weighted by atomic mass is 9.95. The summed E-state index contributed by atoms with van der Waals surface area (Å²) < 4.78 is 20.5. The number of aromatic nitrogens is 2. The number of rotatable bonds is 7. The van der Waals surface area contributed by atoms with Crippen molar-refractivity contribution in [3.8, 4) is 0 Å². The molecular formula is C18H24FN3O2S. The van der Waals surface area contributed by atoms with Crippen LogP contribution in [0, 0.1) is 11.7 Å². The van der Waals surface area contributed by atoms with Crippen LogP contribution in [0.1, 0.15) is 45.1 Å². The fourth-order valence-corrected chi connectivity index (χ4v) is 3.66. The van der Waals surface area contributed by atoms with E-state index in [1.54, 1.807) is 6.07 Å². The van der Waals surface area contributed by atoms with Gasteiger partial charge in [-0.05, 0) is 31.0 Å². The average Bonchev–Trinajstić information content (AvgIpc) is 2.89. The van der Waals surface area contributed by atoms with Crippen LogP contribution in [0.15, 0.2) is 34.2 Å². The Hall–Kier alpha value is -2.02. The summed E-state index contributed by atoms with van der Waals surface area (Å²) in [4.78, 5) is 16.5. The number of nitrogens with zero attached hydrogens (tertiary/aromatic N) is 2. The number of hydrogen-bond acceptors (Lipinski definition) is 4. The minimum absolute atomic E-state index is 0.0186. The molecule has 0 saturated heterocycles. The Bertz CT molecular complexity index is 746. The second kappa shape index (κ2) is 8.38. The van der Waals surface area contributed by atoms with Gasteiger partial charge in [0, 0.05) is 17.4 Å². The number of hydrogen-bond donors (Lipinski definition) is 1. The molecule has 2 aromatic rings. The topological polar surface area (TPSA) is 70.1 Å². The van der Waals surface area contributed by atoms with Crippen molar-refractivity contribution < 1.29 is 13.9 Å². The fraction of sp³-hybridized carbons (Fsp3) is 0.444. The van der Waals surface area contributed by atoms with E-state index in [9.17, 15) is 9.18 Å². The number of halogens is 1. The average molecular weight is 365 g/mol. The quantitative estimate of drug-likeness (QED) is 0.781. The van der Waals surface area contributed by atoms with Crippen LogP contribution in [0.5, 0.6) is 0 Å². The van der Waals surface area contributed by atoms with Crippen molar-refractivity contribution in [2.75, 3.05) is 0 Å². The molecule has 0 aliphatic heterocycles. The van der Waals surface area contributed by atoms with Crippen LogP contribution >= 0.6 is 11.8 Å². The van der Waals surface area contributed by atoms with Gasteiger partial charge >= 0.3 is 6.09 Å². The molecule has 1 amide bonds. The van der Waals surface area contributed by atoms with Crippen molar-refractivity contribution in [3.05, 3.63) is 41.6 Å². The van der Waals surface area contributed by atoms with E-state index >= 15 is 0 Å². The van der Waals surface area contributed by atoms with Gasteiger partial charge in [0.2, 0.25) is 0 Å². The lowest BCUT2D eigenvalue weighted by Gasteiger charge is -2.16. The Morgan fingerprint density at radius 1 is 1.40 bits per heavy atom. The molecule has 1 aromatic carbocycles. The van der Waals surface area contributed by atoms with Gasteiger partial charge in [0.25, 0.3) is 0 Å². The Labute approximate surface area is 151 Å². The summed E-state index contributed by atoms with van der Waals surface area (Å²) in [6.07, 6.45) is -0.830. The molecule has 0 spiro atoms. The maximum atomic E-state index is 13.5. The van der Waals surface area contributed by atoms with Crippen molar-refractivity contribution >= 4 is 17.9 Å². The molecule has 0 fully saturated rings. The highest BCUT2D eigenvalue weighted by Gasteiger charge is 2.24. The first-order valence-corrected chi connectivity index (χ1v) is 9.10. The van der Waals surface area contributed by atoms with Crippen molar-refractivity contribution in [1.82, 2.24) is 9.55 Å². The van der Waals surface area contributed by atoms with E-state index in [0.29, 0.717) is 18.3 Å². The molecular weight excluding hydrogens is 341 g/mol. The maximum absolute atomic E-state index is 13.5. The van der Waals surface area contributed by atoms with Crippen LogP contribution in [0.3, 0.4) is 0 Å². The third kappa shape index (κ3) is 4.75. The molecule has 0 aliphatic carbocycles. The van der Waals surface area contributed by atoms with Gasteiger partial charge in [-0.15, -0.1) is 0 Å². The van der Waals surface area contributed by atoms with E-state index in [2.05, 4.69) is 20.8 Å². The van der Waals surface area contributed by atoms with Crippen LogP contribution in [0.4, 0.5) is 9.18 Å². The highest BCUT2D eigenvalue weighted by molar-refractivity contribution is 7.99. The van der Waals surface area contributed by atoms with Gasteiger partial charge < -0.3 is 15.0 Å². The molecule has 0 aliphatic rings. The zero-order valence-corrected chi connectivity index (χ0v) is 15.8. The molecule has 1 aromatic heterocycles. The van der Waals surface area contributed by atoms with Crippen LogP contribution in [-0.2, 0) is 17.9 Å². The first-order chi connectivity index (χ1) is 11.8. The normalized spacial score (nSPS) is 12.4. The molecule has 2 N–H and O–H groups in total. The third-order valence-corrected chi connectivity index (χ3v) is 5.24. The van der Waals surface area contributed by atoms with Crippen LogP contribution in [0.25, 0.3) is 0 Å². The second-order valence-corrected chi connectivity index (χ2v) is 7.22. The lowest BCUT2D eigenvalue weighted by molar-refractivity contribution is 0.145. The van der Waals surface area contributed by atoms with Gasteiger partial charge in [0.05, 0.1) is 5.69 Å². The second-order valence-electron chi connectivity index (χ2n) is 6.16. The van der Waals surface area contributed by atoms with Gasteiger partial charge in [-0.25, -0.2) is 14.2 Å². The highest BCUT2D eigenvalue weighted by atomic mass is 32.2. The van der Waals surface area contributed by atoms with Gasteiger partial charge in [0.1, 0.15) is 16.7 Å². The van der Waals surface area contributed by atoms with Gasteiger partial charge in [0.15, 0.2) is 6.61 Å². The largest absolute Gasteiger partial charge is 0.442 e. The van der Waals surface area contributed by atoms with Gasteiger partial charge in [-0.3, -0.25) is 0 Å². The third-order valence-electron chi connectivity index (χ3n) is 4.13.